The first kappa shape index (κ1) is 29.0. The lowest BCUT2D eigenvalue weighted by Crippen LogP contribution is -2.54. The second-order valence-electron chi connectivity index (χ2n) is 9.32. The summed E-state index contributed by atoms with van der Waals surface area (Å²) in [6, 6.07) is -3.85. The molecule has 10 nitrogen and oxygen atoms in total. The van der Waals surface area contributed by atoms with E-state index in [-0.39, 0.29) is 37.3 Å². The fourth-order valence-corrected chi connectivity index (χ4v) is 4.16. The third-order valence-electron chi connectivity index (χ3n) is 5.99. The lowest BCUT2D eigenvalue weighted by Gasteiger charge is -2.28. The van der Waals surface area contributed by atoms with Crippen molar-refractivity contribution >= 4 is 23.8 Å². The Morgan fingerprint density at radius 1 is 1.08 bits per heavy atom. The summed E-state index contributed by atoms with van der Waals surface area (Å²) in [5.74, 6) is -7.56. The number of rotatable bonds is 11. The molecule has 0 aliphatic carbocycles. The van der Waals surface area contributed by atoms with E-state index in [0.717, 1.165) is 4.90 Å². The summed E-state index contributed by atoms with van der Waals surface area (Å²) in [4.78, 5) is 49.6. The van der Waals surface area contributed by atoms with Crippen molar-refractivity contribution in [1.82, 2.24) is 15.5 Å². The highest BCUT2D eigenvalue weighted by Crippen LogP contribution is 2.21. The van der Waals surface area contributed by atoms with Crippen LogP contribution in [0, 0.1) is 23.4 Å². The van der Waals surface area contributed by atoms with Crippen LogP contribution in [-0.4, -0.2) is 75.6 Å². The summed E-state index contributed by atoms with van der Waals surface area (Å²) < 4.78 is 40.3. The molecule has 1 aliphatic heterocycles. The van der Waals surface area contributed by atoms with Gasteiger partial charge in [-0.25, -0.2) is 18.0 Å². The van der Waals surface area contributed by atoms with E-state index in [1.807, 2.05) is 0 Å². The first-order valence-electron chi connectivity index (χ1n) is 11.4. The Bertz CT molecular complexity index is 1010. The van der Waals surface area contributed by atoms with E-state index in [1.165, 1.54) is 6.92 Å². The first-order chi connectivity index (χ1) is 16.7. The van der Waals surface area contributed by atoms with E-state index in [1.54, 1.807) is 13.8 Å². The van der Waals surface area contributed by atoms with Crippen molar-refractivity contribution in [1.29, 1.82) is 0 Å². The fraction of sp³-hybridized carbons (Fsp3) is 0.565. The second kappa shape index (κ2) is 12.2. The van der Waals surface area contributed by atoms with Gasteiger partial charge in [-0.1, -0.05) is 13.8 Å². The van der Waals surface area contributed by atoms with E-state index in [0.29, 0.717) is 12.1 Å². The number of carboxylic acid groups (broad SMARTS) is 2. The lowest BCUT2D eigenvalue weighted by molar-refractivity contribution is -0.149. The third kappa shape index (κ3) is 7.40. The van der Waals surface area contributed by atoms with E-state index in [4.69, 9.17) is 5.73 Å². The molecule has 200 valence electrons. The average molecular weight is 517 g/mol. The number of carbonyl (C=O) groups is 4. The van der Waals surface area contributed by atoms with Gasteiger partial charge in [0.05, 0.1) is 6.04 Å². The molecule has 0 spiro atoms. The maximum atomic E-state index is 13.8. The molecule has 6 N–H and O–H groups in total. The van der Waals surface area contributed by atoms with Crippen molar-refractivity contribution in [2.24, 2.45) is 11.7 Å². The summed E-state index contributed by atoms with van der Waals surface area (Å²) in [5, 5.41) is 24.2. The Morgan fingerprint density at radius 3 is 2.25 bits per heavy atom. The summed E-state index contributed by atoms with van der Waals surface area (Å²) in [6.07, 6.45) is -0.639. The van der Waals surface area contributed by atoms with Gasteiger partial charge in [0.2, 0.25) is 11.8 Å². The molecule has 0 unspecified atom stereocenters. The van der Waals surface area contributed by atoms with Crippen LogP contribution >= 0.6 is 0 Å². The number of amides is 2. The molecule has 13 heteroatoms. The number of aliphatic carboxylic acids is 2. The van der Waals surface area contributed by atoms with Gasteiger partial charge in [-0.3, -0.25) is 19.7 Å². The van der Waals surface area contributed by atoms with Crippen molar-refractivity contribution in [3.05, 3.63) is 35.1 Å². The van der Waals surface area contributed by atoms with Gasteiger partial charge in [-0.2, -0.15) is 0 Å². The Labute approximate surface area is 206 Å². The Balaban J connectivity index is 1.99. The number of carbonyl (C=O) groups excluding carboxylic acids is 2. The SMILES string of the molecule is CC(C)[C@H](N[C@@H](C)C(=O)N1C[C@@H](NC(=O)C[C@H](N)Cc2cc(F)c(F)cc2F)C[C@H]1C(=O)O)C(=O)O. The maximum absolute atomic E-state index is 13.8. The van der Waals surface area contributed by atoms with Crippen LogP contribution in [0.4, 0.5) is 13.2 Å². The minimum absolute atomic E-state index is 0.0842. The van der Waals surface area contributed by atoms with Gasteiger partial charge in [-0.15, -0.1) is 0 Å². The van der Waals surface area contributed by atoms with E-state index in [2.05, 4.69) is 10.6 Å². The zero-order valence-electron chi connectivity index (χ0n) is 20.1. The van der Waals surface area contributed by atoms with Crippen LogP contribution in [-0.2, 0) is 25.6 Å². The Morgan fingerprint density at radius 2 is 1.69 bits per heavy atom. The molecule has 1 heterocycles. The number of nitrogens with two attached hydrogens (primary N) is 1. The zero-order chi connectivity index (χ0) is 27.3. The van der Waals surface area contributed by atoms with Crippen LogP contribution in [0.25, 0.3) is 0 Å². The molecule has 0 bridgehead atoms. The average Bonchev–Trinajstić information content (AvgIpc) is 3.18. The number of likely N-dealkylation sites (tertiary alicyclic amines) is 1. The topological polar surface area (TPSA) is 162 Å². The van der Waals surface area contributed by atoms with Crippen LogP contribution in [0.1, 0.15) is 39.2 Å². The Hall–Kier alpha value is -3.19. The molecule has 36 heavy (non-hydrogen) atoms. The number of nitrogens with one attached hydrogen (secondary N) is 2. The fourth-order valence-electron chi connectivity index (χ4n) is 4.16. The molecule has 2 rings (SSSR count). The van der Waals surface area contributed by atoms with Crippen molar-refractivity contribution in [2.75, 3.05) is 6.54 Å². The van der Waals surface area contributed by atoms with Crippen molar-refractivity contribution in [3.63, 3.8) is 0 Å². The minimum atomic E-state index is -1.34. The van der Waals surface area contributed by atoms with Gasteiger partial charge in [-0.05, 0) is 30.9 Å². The standard InChI is InChI=1S/C23H31F3N4O6/c1-10(2)20(23(35)36)28-11(3)21(32)30-9-14(7-18(30)22(33)34)29-19(31)6-13(27)4-12-5-16(25)17(26)8-15(12)24/h5,8,10-11,13-14,18,20,28H,4,6-7,9,27H2,1-3H3,(H,29,31)(H,33,34)(H,35,36)/t11-,13+,14-,18-,20-/m0/s1. The molecule has 1 saturated heterocycles. The number of hydrogen-bond donors (Lipinski definition) is 5. The number of benzene rings is 1. The lowest BCUT2D eigenvalue weighted by atomic mass is 10.0. The summed E-state index contributed by atoms with van der Waals surface area (Å²) in [7, 11) is 0. The van der Waals surface area contributed by atoms with Gasteiger partial charge in [0.15, 0.2) is 11.6 Å². The van der Waals surface area contributed by atoms with Gasteiger partial charge in [0, 0.05) is 37.5 Å². The summed E-state index contributed by atoms with van der Waals surface area (Å²) in [5.41, 5.74) is 5.67. The highest BCUT2D eigenvalue weighted by Gasteiger charge is 2.42. The predicted octanol–water partition coefficient (Wildman–Crippen LogP) is 0.621. The highest BCUT2D eigenvalue weighted by atomic mass is 19.2. The number of nitrogens with zero attached hydrogens (tertiary/aromatic N) is 1. The number of carboxylic acids is 2. The minimum Gasteiger partial charge on any atom is -0.480 e. The monoisotopic (exact) mass is 516 g/mol. The molecule has 1 fully saturated rings. The third-order valence-corrected chi connectivity index (χ3v) is 5.99. The van der Waals surface area contributed by atoms with Crippen LogP contribution in [0.3, 0.4) is 0 Å². The maximum Gasteiger partial charge on any atom is 0.326 e. The van der Waals surface area contributed by atoms with Crippen LogP contribution in [0.15, 0.2) is 12.1 Å². The Kier molecular flexibility index (Phi) is 9.82. The largest absolute Gasteiger partial charge is 0.480 e. The van der Waals surface area contributed by atoms with Crippen LogP contribution in [0.5, 0.6) is 0 Å². The highest BCUT2D eigenvalue weighted by molar-refractivity contribution is 5.88. The number of halogens is 3. The molecule has 1 aromatic carbocycles. The summed E-state index contributed by atoms with van der Waals surface area (Å²) in [6.45, 7) is 4.63. The van der Waals surface area contributed by atoms with Crippen LogP contribution < -0.4 is 16.4 Å². The van der Waals surface area contributed by atoms with Gasteiger partial charge in [0.1, 0.15) is 17.9 Å². The molecule has 0 saturated carbocycles. The summed E-state index contributed by atoms with van der Waals surface area (Å²) >= 11 is 0. The molecule has 1 aliphatic rings. The second-order valence-corrected chi connectivity index (χ2v) is 9.32. The van der Waals surface area contributed by atoms with E-state index >= 15 is 0 Å². The molecule has 0 radical (unpaired) electrons. The molecule has 1 aromatic rings. The molecule has 0 aromatic heterocycles. The molecule has 5 atom stereocenters. The van der Waals surface area contributed by atoms with Gasteiger partial charge in [0.25, 0.3) is 0 Å². The quantitative estimate of drug-likeness (QED) is 0.268. The van der Waals surface area contributed by atoms with Crippen molar-refractivity contribution in [3.8, 4) is 0 Å². The molecular formula is C23H31F3N4O6. The van der Waals surface area contributed by atoms with E-state index in [9.17, 15) is 42.6 Å². The van der Waals surface area contributed by atoms with Crippen molar-refractivity contribution in [2.45, 2.75) is 70.2 Å². The first-order valence-corrected chi connectivity index (χ1v) is 11.4. The normalized spacial score (nSPS) is 20.2. The molecular weight excluding hydrogens is 485 g/mol. The zero-order valence-corrected chi connectivity index (χ0v) is 20.1. The van der Waals surface area contributed by atoms with Crippen molar-refractivity contribution < 1.29 is 42.6 Å². The van der Waals surface area contributed by atoms with E-state index < -0.39 is 71.4 Å². The van der Waals surface area contributed by atoms with Crippen LogP contribution in [0.2, 0.25) is 0 Å². The van der Waals surface area contributed by atoms with Gasteiger partial charge < -0.3 is 26.2 Å². The molecule has 2 amide bonds. The predicted molar refractivity (Wildman–Crippen MR) is 121 cm³/mol. The smallest absolute Gasteiger partial charge is 0.326 e. The number of hydrogen-bond acceptors (Lipinski definition) is 6. The van der Waals surface area contributed by atoms with Gasteiger partial charge >= 0.3 is 11.9 Å².